The lowest BCUT2D eigenvalue weighted by Crippen LogP contribution is -2.10. The first-order valence-corrected chi connectivity index (χ1v) is 21.9. The highest BCUT2D eigenvalue weighted by molar-refractivity contribution is 6.16. The van der Waals surface area contributed by atoms with Crippen LogP contribution in [0, 0.1) is 0 Å². The molecule has 0 saturated carbocycles. The van der Waals surface area contributed by atoms with E-state index in [4.69, 9.17) is 4.42 Å². The second-order valence-electron chi connectivity index (χ2n) is 16.4. The van der Waals surface area contributed by atoms with E-state index in [2.05, 4.69) is 248 Å². The average Bonchev–Trinajstić information content (AvgIpc) is 3.77. The van der Waals surface area contributed by atoms with Crippen molar-refractivity contribution in [3.63, 3.8) is 0 Å². The van der Waals surface area contributed by atoms with Gasteiger partial charge in [-0.15, -0.1) is 0 Å². The zero-order valence-electron chi connectivity index (χ0n) is 35.0. The lowest BCUT2D eigenvalue weighted by Gasteiger charge is -2.27. The predicted octanol–water partition coefficient (Wildman–Crippen LogP) is 17.7. The van der Waals surface area contributed by atoms with E-state index in [1.165, 1.54) is 49.4 Å². The third-order valence-corrected chi connectivity index (χ3v) is 12.7. The summed E-state index contributed by atoms with van der Waals surface area (Å²) in [5.41, 5.74) is 16.7. The van der Waals surface area contributed by atoms with Gasteiger partial charge in [-0.05, 0) is 115 Å². The lowest BCUT2D eigenvalue weighted by atomic mass is 9.91. The fourth-order valence-corrected chi connectivity index (χ4v) is 9.60. The van der Waals surface area contributed by atoms with Gasteiger partial charge in [-0.25, -0.2) is 0 Å². The predicted molar refractivity (Wildman–Crippen MR) is 271 cm³/mol. The van der Waals surface area contributed by atoms with Crippen molar-refractivity contribution in [2.75, 3.05) is 4.90 Å². The van der Waals surface area contributed by atoms with Crippen molar-refractivity contribution in [1.29, 1.82) is 0 Å². The van der Waals surface area contributed by atoms with Crippen LogP contribution in [0.3, 0.4) is 0 Å². The fourth-order valence-electron chi connectivity index (χ4n) is 9.60. The molecule has 64 heavy (non-hydrogen) atoms. The summed E-state index contributed by atoms with van der Waals surface area (Å²) < 4.78 is 6.64. The Hall–Kier alpha value is -8.46. The smallest absolute Gasteiger partial charge is 0.143 e. The van der Waals surface area contributed by atoms with Crippen molar-refractivity contribution in [3.05, 3.63) is 249 Å². The summed E-state index contributed by atoms with van der Waals surface area (Å²) in [6.45, 7) is 0. The molecule has 0 atom stereocenters. The van der Waals surface area contributed by atoms with Gasteiger partial charge in [0.15, 0.2) is 0 Å². The molecule has 1 heterocycles. The summed E-state index contributed by atoms with van der Waals surface area (Å²) in [4.78, 5) is 2.41. The molecule has 12 rings (SSSR count). The number of para-hydroxylation sites is 1. The molecule has 0 fully saturated rings. The molecule has 0 aliphatic rings. The van der Waals surface area contributed by atoms with Gasteiger partial charge in [-0.3, -0.25) is 0 Å². The van der Waals surface area contributed by atoms with Crippen LogP contribution in [-0.2, 0) is 0 Å². The minimum absolute atomic E-state index is 0.888. The fraction of sp³-hybridized carbons (Fsp3) is 0. The van der Waals surface area contributed by atoms with Crippen LogP contribution in [0.15, 0.2) is 253 Å². The van der Waals surface area contributed by atoms with E-state index in [0.717, 1.165) is 66.8 Å². The van der Waals surface area contributed by atoms with Crippen molar-refractivity contribution >= 4 is 60.5 Å². The Kier molecular flexibility index (Phi) is 9.20. The van der Waals surface area contributed by atoms with Crippen LogP contribution < -0.4 is 4.90 Å². The summed E-state index contributed by atoms with van der Waals surface area (Å²) in [7, 11) is 0. The van der Waals surface area contributed by atoms with Crippen molar-refractivity contribution < 1.29 is 4.42 Å². The topological polar surface area (TPSA) is 16.4 Å². The zero-order valence-corrected chi connectivity index (χ0v) is 35.0. The van der Waals surface area contributed by atoms with Gasteiger partial charge in [-0.1, -0.05) is 200 Å². The maximum atomic E-state index is 6.64. The number of nitrogens with zero attached hydrogens (tertiary/aromatic N) is 1. The molecule has 0 radical (unpaired) electrons. The molecule has 12 aromatic rings. The number of hydrogen-bond acceptors (Lipinski definition) is 2. The molecule has 0 aliphatic carbocycles. The SMILES string of the molecule is c1ccc(-c2ccc(-c3ccccc3)c(-c3ccc(N(c4ccc(-c5ccc(-c6ccccc6)c6oc7ccccc7c56)cc4)c4cccc5c4ccc4ccccc45)cc3)c2)cc1. The highest BCUT2D eigenvalue weighted by Gasteiger charge is 2.20. The normalized spacial score (nSPS) is 11.4. The van der Waals surface area contributed by atoms with Gasteiger partial charge in [0.2, 0.25) is 0 Å². The van der Waals surface area contributed by atoms with Crippen LogP contribution in [0.25, 0.3) is 99.1 Å². The Morgan fingerprint density at radius 3 is 1.50 bits per heavy atom. The van der Waals surface area contributed by atoms with Gasteiger partial charge in [0.25, 0.3) is 0 Å². The lowest BCUT2D eigenvalue weighted by molar-refractivity contribution is 0.670. The molecule has 11 aromatic carbocycles. The number of fused-ring (bicyclic) bond motifs is 6. The van der Waals surface area contributed by atoms with E-state index in [1.807, 2.05) is 6.07 Å². The average molecular weight is 816 g/mol. The van der Waals surface area contributed by atoms with Crippen LogP contribution in [0.1, 0.15) is 0 Å². The molecule has 0 saturated heterocycles. The quantitative estimate of drug-likeness (QED) is 0.142. The minimum Gasteiger partial charge on any atom is -0.455 e. The largest absolute Gasteiger partial charge is 0.455 e. The minimum atomic E-state index is 0.888. The maximum Gasteiger partial charge on any atom is 0.143 e. The van der Waals surface area contributed by atoms with Gasteiger partial charge in [-0.2, -0.15) is 0 Å². The molecule has 0 spiro atoms. The molecule has 300 valence electrons. The summed E-state index contributed by atoms with van der Waals surface area (Å²) >= 11 is 0. The van der Waals surface area contributed by atoms with Gasteiger partial charge in [0.1, 0.15) is 11.2 Å². The zero-order chi connectivity index (χ0) is 42.4. The monoisotopic (exact) mass is 815 g/mol. The van der Waals surface area contributed by atoms with E-state index < -0.39 is 0 Å². The number of benzene rings is 11. The summed E-state index contributed by atoms with van der Waals surface area (Å²) in [6.07, 6.45) is 0. The van der Waals surface area contributed by atoms with E-state index in [1.54, 1.807) is 0 Å². The standard InChI is InChI=1S/C62H41NO/c1-4-15-42(16-5-1)48-32-37-52(43-17-6-2-7-18-43)58(41-48)47-29-35-50(36-30-47)63(59-25-14-24-55-51-22-11-10-21-45(51)31-38-56(55)59)49-33-27-46(28-34-49)53-39-40-54(44-19-8-3-9-20-44)62-61(53)57-23-12-13-26-60(57)64-62/h1-41H. The van der Waals surface area contributed by atoms with Crippen molar-refractivity contribution in [1.82, 2.24) is 0 Å². The second-order valence-corrected chi connectivity index (χ2v) is 16.4. The number of hydrogen-bond donors (Lipinski definition) is 0. The third kappa shape index (κ3) is 6.52. The molecule has 0 N–H and O–H groups in total. The number of rotatable bonds is 8. The van der Waals surface area contributed by atoms with Crippen LogP contribution in [0.5, 0.6) is 0 Å². The van der Waals surface area contributed by atoms with E-state index in [-0.39, 0.29) is 0 Å². The molecule has 0 bridgehead atoms. The van der Waals surface area contributed by atoms with Crippen molar-refractivity contribution in [2.45, 2.75) is 0 Å². The van der Waals surface area contributed by atoms with Gasteiger partial charge >= 0.3 is 0 Å². The van der Waals surface area contributed by atoms with Crippen molar-refractivity contribution in [3.8, 4) is 55.6 Å². The Bertz CT molecular complexity index is 3630. The van der Waals surface area contributed by atoms with Gasteiger partial charge in [0, 0.05) is 33.1 Å². The molecule has 0 amide bonds. The first kappa shape index (κ1) is 37.3. The highest BCUT2D eigenvalue weighted by Crippen LogP contribution is 2.45. The van der Waals surface area contributed by atoms with E-state index in [0.29, 0.717) is 0 Å². The molecular formula is C62H41NO. The van der Waals surface area contributed by atoms with E-state index in [9.17, 15) is 0 Å². The third-order valence-electron chi connectivity index (χ3n) is 12.7. The van der Waals surface area contributed by atoms with Crippen LogP contribution in [-0.4, -0.2) is 0 Å². The molecule has 2 nitrogen and oxygen atoms in total. The Balaban J connectivity index is 1.01. The molecule has 2 heteroatoms. The Morgan fingerprint density at radius 1 is 0.281 bits per heavy atom. The van der Waals surface area contributed by atoms with E-state index >= 15 is 0 Å². The molecule has 1 aromatic heterocycles. The second kappa shape index (κ2) is 15.8. The molecular weight excluding hydrogens is 775 g/mol. The number of anilines is 3. The number of furan rings is 1. The van der Waals surface area contributed by atoms with Crippen LogP contribution in [0.4, 0.5) is 17.1 Å². The molecule has 0 unspecified atom stereocenters. The summed E-state index contributed by atoms with van der Waals surface area (Å²) in [6, 6.07) is 89.6. The highest BCUT2D eigenvalue weighted by atomic mass is 16.3. The summed E-state index contributed by atoms with van der Waals surface area (Å²) in [5.74, 6) is 0. The Morgan fingerprint density at radius 2 is 0.797 bits per heavy atom. The van der Waals surface area contributed by atoms with Crippen LogP contribution in [0.2, 0.25) is 0 Å². The molecule has 0 aliphatic heterocycles. The first-order valence-electron chi connectivity index (χ1n) is 21.9. The Labute approximate surface area is 372 Å². The van der Waals surface area contributed by atoms with Gasteiger partial charge in [0.05, 0.1) is 5.69 Å². The maximum absolute atomic E-state index is 6.64. The van der Waals surface area contributed by atoms with Gasteiger partial charge < -0.3 is 9.32 Å². The van der Waals surface area contributed by atoms with Crippen LogP contribution >= 0.6 is 0 Å². The van der Waals surface area contributed by atoms with Crippen molar-refractivity contribution in [2.24, 2.45) is 0 Å². The first-order chi connectivity index (χ1) is 31.7. The summed E-state index contributed by atoms with van der Waals surface area (Å²) in [5, 5.41) is 7.14.